The molecule has 0 aromatic heterocycles. The molecule has 0 spiro atoms. The van der Waals surface area contributed by atoms with Gasteiger partial charge in [0.05, 0.1) is 12.7 Å². The third-order valence-electron chi connectivity index (χ3n) is 2.83. The highest BCUT2D eigenvalue weighted by Gasteiger charge is 2.35. The van der Waals surface area contributed by atoms with Crippen LogP contribution in [0.2, 0.25) is 0 Å². The molecule has 1 fully saturated rings. The average molecular weight is 241 g/mol. The van der Waals surface area contributed by atoms with Crippen molar-refractivity contribution in [1.82, 2.24) is 0 Å². The topological polar surface area (TPSA) is 111 Å². The summed E-state index contributed by atoms with van der Waals surface area (Å²) < 4.78 is 6.81. The molecule has 2 rings (SSSR count). The van der Waals surface area contributed by atoms with Crippen LogP contribution in [0.25, 0.3) is 11.1 Å². The average Bonchev–Trinajstić information content (AvgIpc) is 2.57. The first-order valence-corrected chi connectivity index (χ1v) is 5.31. The van der Waals surface area contributed by atoms with Gasteiger partial charge in [0.1, 0.15) is 12.3 Å². The molecule has 17 heavy (non-hydrogen) atoms. The van der Waals surface area contributed by atoms with Gasteiger partial charge in [-0.25, -0.2) is 0 Å². The maximum absolute atomic E-state index is 9.69. The van der Waals surface area contributed by atoms with Crippen molar-refractivity contribution in [2.45, 2.75) is 31.8 Å². The molecule has 4 N–H and O–H groups in total. The predicted molar refractivity (Wildman–Crippen MR) is 58.9 cm³/mol. The van der Waals surface area contributed by atoms with E-state index in [0.717, 1.165) is 0 Å². The number of nitrogens with zero attached hydrogens (tertiary/aromatic N) is 2. The normalized spacial score (nSPS) is 33.7. The van der Waals surface area contributed by atoms with Gasteiger partial charge >= 0.3 is 0 Å². The fraction of sp³-hybridized carbons (Fsp3) is 0.600. The zero-order valence-electron chi connectivity index (χ0n) is 9.37. The standard InChI is InChI=1S/C10H15N3O4/c1-5-2-8(11)12-10(16)13(5)9-3-6(15)7(4-14)17-9/h2,6-7,9,11,14-16H,3-4H2,1H3/q-2. The van der Waals surface area contributed by atoms with Crippen molar-refractivity contribution in [3.8, 4) is 0 Å². The van der Waals surface area contributed by atoms with E-state index in [1.165, 1.54) is 10.7 Å². The Morgan fingerprint density at radius 3 is 2.94 bits per heavy atom. The van der Waals surface area contributed by atoms with E-state index in [4.69, 9.17) is 15.6 Å². The number of ether oxygens (including phenoxy) is 1. The summed E-state index contributed by atoms with van der Waals surface area (Å²) >= 11 is 0. The van der Waals surface area contributed by atoms with Crippen molar-refractivity contribution in [1.29, 1.82) is 0 Å². The van der Waals surface area contributed by atoms with Crippen molar-refractivity contribution >= 4 is 6.02 Å². The highest BCUT2D eigenvalue weighted by molar-refractivity contribution is 5.86. The molecule has 0 saturated carbocycles. The number of aliphatic hydroxyl groups excluding tert-OH is 3. The van der Waals surface area contributed by atoms with Crippen LogP contribution in [0.1, 0.15) is 13.3 Å². The number of amidine groups is 1. The number of hydrogen-bond donors (Lipinski definition) is 3. The van der Waals surface area contributed by atoms with Crippen molar-refractivity contribution in [3.63, 3.8) is 0 Å². The van der Waals surface area contributed by atoms with Crippen LogP contribution in [0.3, 0.4) is 0 Å². The minimum Gasteiger partial charge on any atom is -0.742 e. The van der Waals surface area contributed by atoms with Gasteiger partial charge in [-0.15, -0.1) is 0 Å². The molecule has 0 radical (unpaired) electrons. The molecule has 0 amide bonds. The van der Waals surface area contributed by atoms with E-state index in [9.17, 15) is 10.2 Å². The molecule has 7 heteroatoms. The SMILES string of the molecule is C[C-]1C=C([NH-])[N-]C(O)=[N+]1C1CC(O)C(CO)O1. The molecule has 2 heterocycles. The molecule has 0 aromatic rings. The van der Waals surface area contributed by atoms with Gasteiger partial charge < -0.3 is 35.7 Å². The second-order valence-electron chi connectivity index (χ2n) is 4.07. The van der Waals surface area contributed by atoms with E-state index in [-0.39, 0.29) is 24.9 Å². The first kappa shape index (κ1) is 12.0. The van der Waals surface area contributed by atoms with Crippen LogP contribution in [-0.4, -0.2) is 51.0 Å². The van der Waals surface area contributed by atoms with Gasteiger partial charge in [0.25, 0.3) is 0 Å². The molecule has 1 saturated heterocycles. The van der Waals surface area contributed by atoms with Crippen LogP contribution in [0.4, 0.5) is 0 Å². The summed E-state index contributed by atoms with van der Waals surface area (Å²) in [7, 11) is 0. The van der Waals surface area contributed by atoms with Gasteiger partial charge in [0.2, 0.25) is 0 Å². The zero-order chi connectivity index (χ0) is 12.6. The number of nitrogens with one attached hydrogen (secondary N) is 1. The largest absolute Gasteiger partial charge is 0.742 e. The smallest absolute Gasteiger partial charge is 0.177 e. The fourth-order valence-electron chi connectivity index (χ4n) is 2.01. The molecule has 3 atom stereocenters. The lowest BCUT2D eigenvalue weighted by atomic mass is 10.1. The van der Waals surface area contributed by atoms with Crippen LogP contribution >= 0.6 is 0 Å². The highest BCUT2D eigenvalue weighted by Crippen LogP contribution is 2.28. The Hall–Kier alpha value is -1.44. The molecule has 0 bridgehead atoms. The summed E-state index contributed by atoms with van der Waals surface area (Å²) in [5, 5.41) is 31.9. The fourth-order valence-corrected chi connectivity index (χ4v) is 2.01. The Balaban J connectivity index is 2.16. The van der Waals surface area contributed by atoms with E-state index in [0.29, 0.717) is 6.04 Å². The summed E-state index contributed by atoms with van der Waals surface area (Å²) in [6.45, 7) is 1.43. The lowest BCUT2D eigenvalue weighted by molar-refractivity contribution is -0.596. The molecule has 3 unspecified atom stereocenters. The van der Waals surface area contributed by atoms with Crippen LogP contribution in [0.5, 0.6) is 0 Å². The summed E-state index contributed by atoms with van der Waals surface area (Å²) in [6.07, 6.45) is -0.241. The Morgan fingerprint density at radius 1 is 1.71 bits per heavy atom. The summed E-state index contributed by atoms with van der Waals surface area (Å²) in [6, 6.07) is 0.282. The van der Waals surface area contributed by atoms with E-state index in [1.54, 1.807) is 6.92 Å². The Kier molecular flexibility index (Phi) is 3.14. The molecule has 2 aliphatic rings. The first-order chi connectivity index (χ1) is 8.02. The van der Waals surface area contributed by atoms with Crippen molar-refractivity contribution in [3.05, 3.63) is 29.0 Å². The van der Waals surface area contributed by atoms with Gasteiger partial charge in [-0.1, -0.05) is 13.0 Å². The molecule has 0 aromatic carbocycles. The van der Waals surface area contributed by atoms with Crippen molar-refractivity contribution in [2.75, 3.05) is 6.61 Å². The van der Waals surface area contributed by atoms with Gasteiger partial charge in [-0.05, 0) is 0 Å². The molecule has 7 nitrogen and oxygen atoms in total. The van der Waals surface area contributed by atoms with Gasteiger partial charge in [0, 0.05) is 6.42 Å². The molecule has 96 valence electrons. The molecule has 0 aliphatic carbocycles. The number of hydrogen-bond acceptors (Lipinski definition) is 3. The van der Waals surface area contributed by atoms with Crippen LogP contribution in [0, 0.1) is 6.04 Å². The lowest BCUT2D eigenvalue weighted by Gasteiger charge is -2.39. The van der Waals surface area contributed by atoms with Gasteiger partial charge in [0.15, 0.2) is 6.02 Å². The number of aliphatic hydroxyl groups is 3. The maximum Gasteiger partial charge on any atom is 0.177 e. The number of rotatable bonds is 2. The first-order valence-electron chi connectivity index (χ1n) is 5.31. The quantitative estimate of drug-likeness (QED) is 0.474. The minimum atomic E-state index is -0.771. The third kappa shape index (κ3) is 2.17. The van der Waals surface area contributed by atoms with Gasteiger partial charge in [-0.3, -0.25) is 0 Å². The summed E-state index contributed by atoms with van der Waals surface area (Å²) in [5.74, 6) is -0.0338. The van der Waals surface area contributed by atoms with Crippen LogP contribution in [0.15, 0.2) is 11.9 Å². The molecule has 2 aliphatic heterocycles. The van der Waals surface area contributed by atoms with E-state index in [1.807, 2.05) is 0 Å². The maximum atomic E-state index is 9.69. The third-order valence-corrected chi connectivity index (χ3v) is 2.83. The summed E-state index contributed by atoms with van der Waals surface area (Å²) in [4.78, 5) is 0. The monoisotopic (exact) mass is 241 g/mol. The highest BCUT2D eigenvalue weighted by atomic mass is 16.5. The second kappa shape index (κ2) is 4.44. The Morgan fingerprint density at radius 2 is 2.41 bits per heavy atom. The van der Waals surface area contributed by atoms with Crippen LogP contribution in [-0.2, 0) is 4.74 Å². The zero-order valence-corrected chi connectivity index (χ0v) is 9.37. The van der Waals surface area contributed by atoms with E-state index >= 15 is 0 Å². The van der Waals surface area contributed by atoms with Crippen molar-refractivity contribution in [2.24, 2.45) is 0 Å². The van der Waals surface area contributed by atoms with Crippen molar-refractivity contribution < 1.29 is 24.6 Å². The lowest BCUT2D eigenvalue weighted by Crippen LogP contribution is -2.35. The second-order valence-corrected chi connectivity index (χ2v) is 4.07. The summed E-state index contributed by atoms with van der Waals surface area (Å²) in [5.41, 5.74) is 7.34. The van der Waals surface area contributed by atoms with E-state index < -0.39 is 18.4 Å². The minimum absolute atomic E-state index is 0.0338. The van der Waals surface area contributed by atoms with Gasteiger partial charge in [-0.2, -0.15) is 11.9 Å². The Labute approximate surface area is 98.8 Å². The molecular weight excluding hydrogens is 226 g/mol. The predicted octanol–water partition coefficient (Wildman–Crippen LogP) is 0.214. The Bertz CT molecular complexity index is 369. The van der Waals surface area contributed by atoms with Crippen LogP contribution < -0.4 is 0 Å². The van der Waals surface area contributed by atoms with E-state index in [2.05, 4.69) is 5.32 Å². The molecular formula is C10H15N3O4-2.